The van der Waals surface area contributed by atoms with Gasteiger partial charge in [0.2, 0.25) is 0 Å². The van der Waals surface area contributed by atoms with E-state index in [2.05, 4.69) is 5.32 Å². The number of hydrogen-bond acceptors (Lipinski definition) is 5. The summed E-state index contributed by atoms with van der Waals surface area (Å²) in [6.45, 7) is 3.10. The molecule has 26 heavy (non-hydrogen) atoms. The number of carbonyl (C=O) groups excluding carboxylic acids is 1. The lowest BCUT2D eigenvalue weighted by atomic mass is 10.1. The standard InChI is InChI=1S/C18H16FNO5S/c1-3-26(23,24)11-7-8-15(21)14(9-11)20-18(22)16-10(2)12-5-4-6-13(19)17(12)25-16/h4-9,21H,3H2,1-2H3,(H,20,22). The SMILES string of the molecule is CCS(=O)(=O)c1ccc(O)c(NC(=O)c2oc3c(F)cccc3c2C)c1. The summed E-state index contributed by atoms with van der Waals surface area (Å²) in [5.74, 6) is -1.85. The first-order chi connectivity index (χ1) is 12.2. The van der Waals surface area contributed by atoms with Gasteiger partial charge in [0.05, 0.1) is 16.3 Å². The quantitative estimate of drug-likeness (QED) is 0.677. The number of phenolic OH excluding ortho intramolecular Hbond substituents is 1. The summed E-state index contributed by atoms with van der Waals surface area (Å²) in [7, 11) is -3.51. The van der Waals surface area contributed by atoms with E-state index in [1.165, 1.54) is 37.3 Å². The number of furan rings is 1. The van der Waals surface area contributed by atoms with Crippen LogP contribution in [-0.2, 0) is 9.84 Å². The van der Waals surface area contributed by atoms with Crippen molar-refractivity contribution in [1.82, 2.24) is 0 Å². The normalized spacial score (nSPS) is 11.7. The van der Waals surface area contributed by atoms with Crippen molar-refractivity contribution >= 4 is 32.4 Å². The fourth-order valence-electron chi connectivity index (χ4n) is 2.58. The van der Waals surface area contributed by atoms with Crippen LogP contribution in [0.2, 0.25) is 0 Å². The van der Waals surface area contributed by atoms with Crippen molar-refractivity contribution in [3.63, 3.8) is 0 Å². The Morgan fingerprint density at radius 1 is 1.27 bits per heavy atom. The van der Waals surface area contributed by atoms with Crippen molar-refractivity contribution in [3.05, 3.63) is 53.5 Å². The zero-order chi connectivity index (χ0) is 19.1. The third kappa shape index (κ3) is 3.03. The van der Waals surface area contributed by atoms with Crippen LogP contribution >= 0.6 is 0 Å². The van der Waals surface area contributed by atoms with Crippen molar-refractivity contribution in [2.45, 2.75) is 18.7 Å². The zero-order valence-corrected chi connectivity index (χ0v) is 14.9. The third-order valence-electron chi connectivity index (χ3n) is 4.08. The number of carbonyl (C=O) groups is 1. The molecule has 8 heteroatoms. The van der Waals surface area contributed by atoms with Gasteiger partial charge in [0.1, 0.15) is 5.75 Å². The summed E-state index contributed by atoms with van der Waals surface area (Å²) < 4.78 is 43.1. The highest BCUT2D eigenvalue weighted by molar-refractivity contribution is 7.91. The van der Waals surface area contributed by atoms with Gasteiger partial charge in [-0.05, 0) is 31.2 Å². The summed E-state index contributed by atoms with van der Waals surface area (Å²) in [5.41, 5.74) is 0.320. The Labute approximate surface area is 149 Å². The summed E-state index contributed by atoms with van der Waals surface area (Å²) in [5, 5.41) is 12.8. The summed E-state index contributed by atoms with van der Waals surface area (Å²) in [6.07, 6.45) is 0. The van der Waals surface area contributed by atoms with Crippen molar-refractivity contribution in [2.75, 3.05) is 11.1 Å². The number of amides is 1. The van der Waals surface area contributed by atoms with Crippen LogP contribution in [0.1, 0.15) is 23.0 Å². The average molecular weight is 377 g/mol. The molecule has 0 atom stereocenters. The van der Waals surface area contributed by atoms with E-state index in [4.69, 9.17) is 4.42 Å². The molecule has 3 rings (SSSR count). The maximum atomic E-state index is 13.8. The van der Waals surface area contributed by atoms with E-state index in [-0.39, 0.29) is 33.4 Å². The molecule has 0 aliphatic rings. The highest BCUT2D eigenvalue weighted by atomic mass is 32.2. The highest BCUT2D eigenvalue weighted by Gasteiger charge is 2.21. The molecule has 3 aromatic rings. The van der Waals surface area contributed by atoms with Gasteiger partial charge in [-0.15, -0.1) is 0 Å². The van der Waals surface area contributed by atoms with Crippen LogP contribution in [0.15, 0.2) is 45.7 Å². The van der Waals surface area contributed by atoms with Crippen molar-refractivity contribution < 1.29 is 27.1 Å². The van der Waals surface area contributed by atoms with Crippen molar-refractivity contribution in [1.29, 1.82) is 0 Å². The Morgan fingerprint density at radius 2 is 2.00 bits per heavy atom. The largest absolute Gasteiger partial charge is 0.506 e. The molecular formula is C18H16FNO5S. The van der Waals surface area contributed by atoms with Crippen LogP contribution in [0.5, 0.6) is 5.75 Å². The number of halogens is 1. The van der Waals surface area contributed by atoms with Gasteiger partial charge >= 0.3 is 0 Å². The van der Waals surface area contributed by atoms with Gasteiger partial charge in [-0.25, -0.2) is 12.8 Å². The van der Waals surface area contributed by atoms with Crippen molar-refractivity contribution in [3.8, 4) is 5.75 Å². The summed E-state index contributed by atoms with van der Waals surface area (Å²) in [4.78, 5) is 12.5. The summed E-state index contributed by atoms with van der Waals surface area (Å²) >= 11 is 0. The lowest BCUT2D eigenvalue weighted by Crippen LogP contribution is -2.13. The number of rotatable bonds is 4. The second kappa shape index (κ2) is 6.45. The number of aromatic hydroxyl groups is 1. The monoisotopic (exact) mass is 377 g/mol. The number of nitrogens with one attached hydrogen (secondary N) is 1. The van der Waals surface area contributed by atoms with E-state index in [1.807, 2.05) is 0 Å². The maximum Gasteiger partial charge on any atom is 0.291 e. The van der Waals surface area contributed by atoms with Gasteiger partial charge in [-0.3, -0.25) is 4.79 Å². The van der Waals surface area contributed by atoms with Gasteiger partial charge < -0.3 is 14.8 Å². The average Bonchev–Trinajstić information content (AvgIpc) is 2.95. The molecule has 0 saturated heterocycles. The Kier molecular flexibility index (Phi) is 4.45. The molecule has 0 radical (unpaired) electrons. The second-order valence-corrected chi connectivity index (χ2v) is 7.99. The van der Waals surface area contributed by atoms with E-state index in [9.17, 15) is 22.7 Å². The number of hydrogen-bond donors (Lipinski definition) is 2. The van der Waals surface area contributed by atoms with Crippen molar-refractivity contribution in [2.24, 2.45) is 0 Å². The molecule has 136 valence electrons. The molecule has 0 unspecified atom stereocenters. The molecule has 0 aliphatic carbocycles. The first kappa shape index (κ1) is 17.9. The number of benzene rings is 2. The van der Waals surface area contributed by atoms with Crippen LogP contribution in [0.25, 0.3) is 11.0 Å². The summed E-state index contributed by atoms with van der Waals surface area (Å²) in [6, 6.07) is 7.96. The minimum absolute atomic E-state index is 0.0273. The van der Waals surface area contributed by atoms with E-state index in [0.717, 1.165) is 0 Å². The highest BCUT2D eigenvalue weighted by Crippen LogP contribution is 2.30. The maximum absolute atomic E-state index is 13.8. The Morgan fingerprint density at radius 3 is 2.65 bits per heavy atom. The van der Waals surface area contributed by atoms with Crippen LogP contribution in [0.4, 0.5) is 10.1 Å². The fraction of sp³-hybridized carbons (Fsp3) is 0.167. The first-order valence-electron chi connectivity index (χ1n) is 7.79. The van der Waals surface area contributed by atoms with Gasteiger partial charge in [0, 0.05) is 10.9 Å². The molecule has 1 heterocycles. The fourth-order valence-corrected chi connectivity index (χ4v) is 3.49. The molecule has 0 fully saturated rings. The van der Waals surface area contributed by atoms with Crippen LogP contribution < -0.4 is 5.32 Å². The lowest BCUT2D eigenvalue weighted by Gasteiger charge is -2.09. The van der Waals surface area contributed by atoms with E-state index >= 15 is 0 Å². The first-order valence-corrected chi connectivity index (χ1v) is 9.44. The van der Waals surface area contributed by atoms with E-state index < -0.39 is 21.6 Å². The number of anilines is 1. The van der Waals surface area contributed by atoms with Crippen LogP contribution in [0.3, 0.4) is 0 Å². The Bertz CT molecular complexity index is 1120. The van der Waals surface area contributed by atoms with Gasteiger partial charge in [-0.2, -0.15) is 0 Å². The number of sulfone groups is 1. The molecule has 0 saturated carbocycles. The van der Waals surface area contributed by atoms with Crippen LogP contribution in [0, 0.1) is 12.7 Å². The van der Waals surface area contributed by atoms with Gasteiger partial charge in [0.15, 0.2) is 27.0 Å². The molecule has 2 N–H and O–H groups in total. The Balaban J connectivity index is 2.00. The zero-order valence-electron chi connectivity index (χ0n) is 14.0. The Hall–Kier alpha value is -2.87. The number of fused-ring (bicyclic) bond motifs is 1. The molecule has 1 amide bonds. The lowest BCUT2D eigenvalue weighted by molar-refractivity contribution is 0.0997. The predicted molar refractivity (Wildman–Crippen MR) is 94.7 cm³/mol. The number of phenols is 1. The smallest absolute Gasteiger partial charge is 0.291 e. The minimum Gasteiger partial charge on any atom is -0.506 e. The molecule has 2 aromatic carbocycles. The topological polar surface area (TPSA) is 96.6 Å². The molecule has 6 nitrogen and oxygen atoms in total. The predicted octanol–water partition coefficient (Wildman–Crippen LogP) is 3.63. The van der Waals surface area contributed by atoms with Gasteiger partial charge in [-0.1, -0.05) is 19.1 Å². The second-order valence-electron chi connectivity index (χ2n) is 5.71. The molecule has 0 spiro atoms. The third-order valence-corrected chi connectivity index (χ3v) is 5.81. The molecule has 1 aromatic heterocycles. The van der Waals surface area contributed by atoms with Crippen LogP contribution in [-0.4, -0.2) is 25.2 Å². The molecule has 0 aliphatic heterocycles. The molecular weight excluding hydrogens is 361 g/mol. The minimum atomic E-state index is -3.51. The number of aryl methyl sites for hydroxylation is 1. The molecule has 0 bridgehead atoms. The number of para-hydroxylation sites is 1. The van der Waals surface area contributed by atoms with E-state index in [0.29, 0.717) is 10.9 Å². The van der Waals surface area contributed by atoms with E-state index in [1.54, 1.807) is 13.0 Å². The van der Waals surface area contributed by atoms with Gasteiger partial charge in [0.25, 0.3) is 5.91 Å².